The third-order valence-electron chi connectivity index (χ3n) is 3.74. The van der Waals surface area contributed by atoms with Crippen molar-refractivity contribution in [3.05, 3.63) is 0 Å². The van der Waals surface area contributed by atoms with Gasteiger partial charge in [-0.15, -0.1) is 6.42 Å². The molecule has 2 saturated heterocycles. The maximum atomic E-state index is 5.97. The van der Waals surface area contributed by atoms with Gasteiger partial charge >= 0.3 is 0 Å². The maximum Gasteiger partial charge on any atom is 0.163 e. The predicted molar refractivity (Wildman–Crippen MR) is 60.8 cm³/mol. The van der Waals surface area contributed by atoms with E-state index in [1.807, 2.05) is 13.8 Å². The second kappa shape index (κ2) is 3.73. The molecular weight excluding hydrogens is 204 g/mol. The molecule has 2 rings (SSSR count). The van der Waals surface area contributed by atoms with E-state index in [4.69, 9.17) is 20.6 Å². The van der Waals surface area contributed by atoms with E-state index in [-0.39, 0.29) is 18.1 Å². The summed E-state index contributed by atoms with van der Waals surface area (Å²) in [5, 5.41) is 0. The summed E-state index contributed by atoms with van der Waals surface area (Å²) in [6.07, 6.45) is 6.44. The molecule has 2 aliphatic heterocycles. The highest BCUT2D eigenvalue weighted by Gasteiger charge is 2.55. The van der Waals surface area contributed by atoms with Crippen molar-refractivity contribution in [3.8, 4) is 12.3 Å². The standard InChI is InChI=1S/C13H20O3/c1-6-13(7-2)9(3)11-10(15-13)8-14-12(4,5)16-11/h1,9-11H,7-8H2,2-5H3. The molecule has 2 aliphatic rings. The molecule has 0 amide bonds. The van der Waals surface area contributed by atoms with Crippen LogP contribution in [-0.4, -0.2) is 30.2 Å². The summed E-state index contributed by atoms with van der Waals surface area (Å²) in [7, 11) is 0. The van der Waals surface area contributed by atoms with Crippen LogP contribution in [0.2, 0.25) is 0 Å². The van der Waals surface area contributed by atoms with Crippen molar-refractivity contribution in [2.75, 3.05) is 6.61 Å². The van der Waals surface area contributed by atoms with Gasteiger partial charge < -0.3 is 14.2 Å². The summed E-state index contributed by atoms with van der Waals surface area (Å²) >= 11 is 0. The predicted octanol–water partition coefficient (Wildman–Crippen LogP) is 1.95. The first-order valence-electron chi connectivity index (χ1n) is 5.91. The Morgan fingerprint density at radius 2 is 2.06 bits per heavy atom. The normalized spacial score (nSPS) is 46.1. The van der Waals surface area contributed by atoms with Gasteiger partial charge in [0.05, 0.1) is 12.7 Å². The molecule has 2 fully saturated rings. The van der Waals surface area contributed by atoms with Crippen LogP contribution in [0, 0.1) is 18.3 Å². The number of hydrogen-bond donors (Lipinski definition) is 0. The third-order valence-corrected chi connectivity index (χ3v) is 3.74. The molecule has 0 aromatic carbocycles. The van der Waals surface area contributed by atoms with Crippen molar-refractivity contribution < 1.29 is 14.2 Å². The molecule has 4 unspecified atom stereocenters. The zero-order valence-electron chi connectivity index (χ0n) is 10.4. The SMILES string of the molecule is C#CC1(CC)OC2COC(C)(C)OC2C1C. The molecule has 16 heavy (non-hydrogen) atoms. The van der Waals surface area contributed by atoms with Gasteiger partial charge in [0.1, 0.15) is 11.7 Å². The molecule has 0 radical (unpaired) electrons. The van der Waals surface area contributed by atoms with Crippen LogP contribution in [0.15, 0.2) is 0 Å². The van der Waals surface area contributed by atoms with Crippen LogP contribution in [0.5, 0.6) is 0 Å². The molecule has 3 heteroatoms. The van der Waals surface area contributed by atoms with Crippen molar-refractivity contribution in [1.29, 1.82) is 0 Å². The molecule has 0 bridgehead atoms. The zero-order chi connectivity index (χ0) is 12.0. The smallest absolute Gasteiger partial charge is 0.163 e. The molecule has 90 valence electrons. The lowest BCUT2D eigenvalue weighted by atomic mass is 9.84. The topological polar surface area (TPSA) is 27.7 Å². The van der Waals surface area contributed by atoms with Crippen molar-refractivity contribution in [1.82, 2.24) is 0 Å². The highest BCUT2D eigenvalue weighted by atomic mass is 16.7. The number of rotatable bonds is 1. The third kappa shape index (κ3) is 1.66. The van der Waals surface area contributed by atoms with Crippen molar-refractivity contribution in [3.63, 3.8) is 0 Å². The fraction of sp³-hybridized carbons (Fsp3) is 0.846. The first kappa shape index (κ1) is 11.9. The Balaban J connectivity index is 2.22. The average Bonchev–Trinajstić information content (AvgIpc) is 2.52. The van der Waals surface area contributed by atoms with Crippen molar-refractivity contribution in [2.24, 2.45) is 5.92 Å². The van der Waals surface area contributed by atoms with Crippen LogP contribution in [0.4, 0.5) is 0 Å². The lowest BCUT2D eigenvalue weighted by Gasteiger charge is -2.38. The molecular formula is C13H20O3. The minimum atomic E-state index is -0.531. The number of terminal acetylenes is 1. The van der Waals surface area contributed by atoms with Gasteiger partial charge in [-0.2, -0.15) is 0 Å². The van der Waals surface area contributed by atoms with Crippen LogP contribution >= 0.6 is 0 Å². The van der Waals surface area contributed by atoms with Gasteiger partial charge in [0.2, 0.25) is 0 Å². The van der Waals surface area contributed by atoms with Gasteiger partial charge in [0.15, 0.2) is 5.79 Å². The van der Waals surface area contributed by atoms with Crippen molar-refractivity contribution >= 4 is 0 Å². The largest absolute Gasteiger partial charge is 0.354 e. The molecule has 0 spiro atoms. The molecule has 2 heterocycles. The average molecular weight is 224 g/mol. The lowest BCUT2D eigenvalue weighted by molar-refractivity contribution is -0.297. The molecule has 0 aliphatic carbocycles. The maximum absolute atomic E-state index is 5.97. The number of fused-ring (bicyclic) bond motifs is 1. The zero-order valence-corrected chi connectivity index (χ0v) is 10.4. The summed E-state index contributed by atoms with van der Waals surface area (Å²) in [6, 6.07) is 0. The van der Waals surface area contributed by atoms with E-state index in [0.717, 1.165) is 6.42 Å². The van der Waals surface area contributed by atoms with E-state index in [1.54, 1.807) is 0 Å². The summed E-state index contributed by atoms with van der Waals surface area (Å²) in [4.78, 5) is 0. The monoisotopic (exact) mass is 224 g/mol. The first-order chi connectivity index (χ1) is 7.44. The van der Waals surface area contributed by atoms with Crippen LogP contribution < -0.4 is 0 Å². The second-order valence-electron chi connectivity index (χ2n) is 5.13. The van der Waals surface area contributed by atoms with Gasteiger partial charge in [0.25, 0.3) is 0 Å². The summed E-state index contributed by atoms with van der Waals surface area (Å²) in [6.45, 7) is 8.58. The van der Waals surface area contributed by atoms with E-state index < -0.39 is 11.4 Å². The van der Waals surface area contributed by atoms with E-state index in [2.05, 4.69) is 19.8 Å². The fourth-order valence-electron chi connectivity index (χ4n) is 2.66. The van der Waals surface area contributed by atoms with Crippen molar-refractivity contribution in [2.45, 2.75) is 57.7 Å². The van der Waals surface area contributed by atoms with Gasteiger partial charge in [-0.25, -0.2) is 0 Å². The lowest BCUT2D eigenvalue weighted by Crippen LogP contribution is -2.48. The van der Waals surface area contributed by atoms with Crippen LogP contribution in [0.1, 0.15) is 34.1 Å². The Hall–Kier alpha value is -0.560. The summed E-state index contributed by atoms with van der Waals surface area (Å²) in [5.74, 6) is 2.48. The summed E-state index contributed by atoms with van der Waals surface area (Å²) < 4.78 is 17.5. The van der Waals surface area contributed by atoms with E-state index in [9.17, 15) is 0 Å². The minimum Gasteiger partial charge on any atom is -0.354 e. The van der Waals surface area contributed by atoms with E-state index in [0.29, 0.717) is 6.61 Å². The van der Waals surface area contributed by atoms with Crippen LogP contribution in [-0.2, 0) is 14.2 Å². The molecule has 0 saturated carbocycles. The van der Waals surface area contributed by atoms with Gasteiger partial charge in [0, 0.05) is 5.92 Å². The number of hydrogen-bond acceptors (Lipinski definition) is 3. The Morgan fingerprint density at radius 3 is 2.62 bits per heavy atom. The Kier molecular flexibility index (Phi) is 2.78. The Bertz CT molecular complexity index is 318. The summed E-state index contributed by atoms with van der Waals surface area (Å²) in [5.41, 5.74) is -0.487. The quantitative estimate of drug-likeness (QED) is 0.637. The van der Waals surface area contributed by atoms with Gasteiger partial charge in [-0.1, -0.05) is 19.8 Å². The van der Waals surface area contributed by atoms with E-state index in [1.165, 1.54) is 0 Å². The molecule has 0 aromatic heterocycles. The van der Waals surface area contributed by atoms with E-state index >= 15 is 0 Å². The minimum absolute atomic E-state index is 0.0287. The number of ether oxygens (including phenoxy) is 3. The second-order valence-corrected chi connectivity index (χ2v) is 5.13. The van der Waals surface area contributed by atoms with Gasteiger partial charge in [-0.3, -0.25) is 0 Å². The highest BCUT2D eigenvalue weighted by Crippen LogP contribution is 2.43. The Morgan fingerprint density at radius 1 is 1.38 bits per heavy atom. The van der Waals surface area contributed by atoms with Crippen LogP contribution in [0.25, 0.3) is 0 Å². The molecule has 0 aromatic rings. The first-order valence-corrected chi connectivity index (χ1v) is 5.91. The Labute approximate surface area is 97.4 Å². The highest BCUT2D eigenvalue weighted by molar-refractivity contribution is 5.17. The van der Waals surface area contributed by atoms with Gasteiger partial charge in [-0.05, 0) is 20.3 Å². The molecule has 0 N–H and O–H groups in total. The van der Waals surface area contributed by atoms with Crippen LogP contribution in [0.3, 0.4) is 0 Å². The molecule has 3 nitrogen and oxygen atoms in total. The fourth-order valence-corrected chi connectivity index (χ4v) is 2.66. The molecule has 4 atom stereocenters.